The van der Waals surface area contributed by atoms with E-state index in [0.717, 1.165) is 11.1 Å². The van der Waals surface area contributed by atoms with Crippen LogP contribution in [0.1, 0.15) is 16.7 Å². The fourth-order valence-corrected chi connectivity index (χ4v) is 1.46. The lowest BCUT2D eigenvalue weighted by Crippen LogP contribution is -2.04. The summed E-state index contributed by atoms with van der Waals surface area (Å²) < 4.78 is 0. The van der Waals surface area contributed by atoms with Crippen molar-refractivity contribution in [2.75, 3.05) is 5.32 Å². The van der Waals surface area contributed by atoms with Crippen molar-refractivity contribution in [3.8, 4) is 0 Å². The summed E-state index contributed by atoms with van der Waals surface area (Å²) in [5, 5.41) is 3.17. The SMILES string of the molecule is Cc1cnc(NCc2ccc(CN)cc2)nc1. The minimum atomic E-state index is 0.578. The number of hydrogen-bond donors (Lipinski definition) is 2. The third-order valence-corrected chi connectivity index (χ3v) is 2.49. The summed E-state index contributed by atoms with van der Waals surface area (Å²) in [5.74, 6) is 0.651. The average molecular weight is 228 g/mol. The van der Waals surface area contributed by atoms with Gasteiger partial charge < -0.3 is 11.1 Å². The largest absolute Gasteiger partial charge is 0.350 e. The van der Waals surface area contributed by atoms with Crippen LogP contribution in [-0.4, -0.2) is 9.97 Å². The lowest BCUT2D eigenvalue weighted by molar-refractivity contribution is 1.03. The zero-order chi connectivity index (χ0) is 12.1. The lowest BCUT2D eigenvalue weighted by Gasteiger charge is -2.05. The maximum Gasteiger partial charge on any atom is 0.222 e. The standard InChI is InChI=1S/C13H16N4/c1-10-7-15-13(16-8-10)17-9-12-4-2-11(6-14)3-5-12/h2-5,7-8H,6,9,14H2,1H3,(H,15,16,17). The van der Waals surface area contributed by atoms with Crippen molar-refractivity contribution in [3.63, 3.8) is 0 Å². The van der Waals surface area contributed by atoms with Gasteiger partial charge in [0, 0.05) is 25.5 Å². The van der Waals surface area contributed by atoms with Crippen LogP contribution in [0.4, 0.5) is 5.95 Å². The van der Waals surface area contributed by atoms with Gasteiger partial charge in [-0.05, 0) is 23.6 Å². The molecule has 0 atom stereocenters. The Labute approximate surface area is 101 Å². The molecule has 0 spiro atoms. The summed E-state index contributed by atoms with van der Waals surface area (Å²) >= 11 is 0. The number of aryl methyl sites for hydroxylation is 1. The van der Waals surface area contributed by atoms with Crippen molar-refractivity contribution in [1.29, 1.82) is 0 Å². The van der Waals surface area contributed by atoms with Gasteiger partial charge in [0.05, 0.1) is 0 Å². The molecule has 0 bridgehead atoms. The summed E-state index contributed by atoms with van der Waals surface area (Å²) in [7, 11) is 0. The van der Waals surface area contributed by atoms with Gasteiger partial charge in [-0.15, -0.1) is 0 Å². The highest BCUT2D eigenvalue weighted by Crippen LogP contribution is 2.06. The van der Waals surface area contributed by atoms with Crippen LogP contribution in [-0.2, 0) is 13.1 Å². The van der Waals surface area contributed by atoms with Crippen molar-refractivity contribution in [3.05, 3.63) is 53.3 Å². The van der Waals surface area contributed by atoms with E-state index in [4.69, 9.17) is 5.73 Å². The first kappa shape index (κ1) is 11.5. The molecule has 2 rings (SSSR count). The molecule has 4 nitrogen and oxygen atoms in total. The number of nitrogens with two attached hydrogens (primary N) is 1. The predicted molar refractivity (Wildman–Crippen MR) is 68.4 cm³/mol. The Balaban J connectivity index is 1.95. The number of benzene rings is 1. The second-order valence-electron chi connectivity index (χ2n) is 3.96. The zero-order valence-corrected chi connectivity index (χ0v) is 9.85. The molecule has 0 aliphatic carbocycles. The van der Waals surface area contributed by atoms with E-state index in [-0.39, 0.29) is 0 Å². The maximum atomic E-state index is 5.54. The lowest BCUT2D eigenvalue weighted by atomic mass is 10.1. The van der Waals surface area contributed by atoms with Crippen molar-refractivity contribution in [2.24, 2.45) is 5.73 Å². The van der Waals surface area contributed by atoms with Gasteiger partial charge in [0.2, 0.25) is 5.95 Å². The molecule has 1 aromatic heterocycles. The molecule has 0 unspecified atom stereocenters. The van der Waals surface area contributed by atoms with Crippen LogP contribution in [0.3, 0.4) is 0 Å². The van der Waals surface area contributed by atoms with Crippen molar-refractivity contribution < 1.29 is 0 Å². The van der Waals surface area contributed by atoms with E-state index in [1.807, 2.05) is 19.1 Å². The van der Waals surface area contributed by atoms with E-state index in [1.54, 1.807) is 12.4 Å². The van der Waals surface area contributed by atoms with Crippen LogP contribution in [0.5, 0.6) is 0 Å². The van der Waals surface area contributed by atoms with Crippen LogP contribution < -0.4 is 11.1 Å². The molecule has 4 heteroatoms. The summed E-state index contributed by atoms with van der Waals surface area (Å²) in [4.78, 5) is 8.37. The van der Waals surface area contributed by atoms with Gasteiger partial charge in [-0.3, -0.25) is 0 Å². The van der Waals surface area contributed by atoms with Gasteiger partial charge >= 0.3 is 0 Å². The van der Waals surface area contributed by atoms with E-state index in [2.05, 4.69) is 27.4 Å². The van der Waals surface area contributed by atoms with E-state index < -0.39 is 0 Å². The molecule has 17 heavy (non-hydrogen) atoms. The summed E-state index contributed by atoms with van der Waals surface area (Å²) in [6.45, 7) is 3.26. The first-order valence-electron chi connectivity index (χ1n) is 5.58. The molecule has 0 saturated heterocycles. The summed E-state index contributed by atoms with van der Waals surface area (Å²) in [6, 6.07) is 8.19. The number of hydrogen-bond acceptors (Lipinski definition) is 4. The molecule has 88 valence electrons. The van der Waals surface area contributed by atoms with E-state index >= 15 is 0 Å². The molecule has 0 amide bonds. The number of nitrogens with zero attached hydrogens (tertiary/aromatic N) is 2. The Morgan fingerprint density at radius 2 is 1.65 bits per heavy atom. The normalized spacial score (nSPS) is 10.2. The molecule has 0 radical (unpaired) electrons. The van der Waals surface area contributed by atoms with Crippen molar-refractivity contribution >= 4 is 5.95 Å². The fraction of sp³-hybridized carbons (Fsp3) is 0.231. The first-order chi connectivity index (χ1) is 8.28. The van der Waals surface area contributed by atoms with Crippen molar-refractivity contribution in [1.82, 2.24) is 9.97 Å². The molecule has 0 aliphatic heterocycles. The number of nitrogens with one attached hydrogen (secondary N) is 1. The smallest absolute Gasteiger partial charge is 0.222 e. The van der Waals surface area contributed by atoms with E-state index in [0.29, 0.717) is 19.0 Å². The predicted octanol–water partition coefficient (Wildman–Crippen LogP) is 1.86. The highest BCUT2D eigenvalue weighted by atomic mass is 15.1. The maximum absolute atomic E-state index is 5.54. The average Bonchev–Trinajstić information content (AvgIpc) is 2.39. The fourth-order valence-electron chi connectivity index (χ4n) is 1.46. The molecular formula is C13H16N4. The Kier molecular flexibility index (Phi) is 3.67. The quantitative estimate of drug-likeness (QED) is 0.838. The van der Waals surface area contributed by atoms with Crippen molar-refractivity contribution in [2.45, 2.75) is 20.0 Å². The van der Waals surface area contributed by atoms with E-state index in [9.17, 15) is 0 Å². The zero-order valence-electron chi connectivity index (χ0n) is 9.85. The topological polar surface area (TPSA) is 63.8 Å². The van der Waals surface area contributed by atoms with Crippen LogP contribution in [0, 0.1) is 6.92 Å². The highest BCUT2D eigenvalue weighted by molar-refractivity contribution is 5.29. The number of anilines is 1. The summed E-state index contributed by atoms with van der Waals surface area (Å²) in [5.41, 5.74) is 8.93. The number of rotatable bonds is 4. The van der Waals surface area contributed by atoms with Gasteiger partial charge in [0.25, 0.3) is 0 Å². The molecule has 0 aliphatic rings. The molecular weight excluding hydrogens is 212 g/mol. The minimum Gasteiger partial charge on any atom is -0.350 e. The third kappa shape index (κ3) is 3.26. The number of aromatic nitrogens is 2. The minimum absolute atomic E-state index is 0.578. The van der Waals surface area contributed by atoms with Crippen LogP contribution in [0.15, 0.2) is 36.7 Å². The highest BCUT2D eigenvalue weighted by Gasteiger charge is 1.96. The second kappa shape index (κ2) is 5.41. The summed E-state index contributed by atoms with van der Waals surface area (Å²) in [6.07, 6.45) is 3.60. The molecule has 1 heterocycles. The third-order valence-electron chi connectivity index (χ3n) is 2.49. The van der Waals surface area contributed by atoms with Gasteiger partial charge in [0.1, 0.15) is 0 Å². The molecule has 0 fully saturated rings. The van der Waals surface area contributed by atoms with Gasteiger partial charge in [-0.2, -0.15) is 0 Å². The Hall–Kier alpha value is -1.94. The van der Waals surface area contributed by atoms with Crippen LogP contribution in [0.25, 0.3) is 0 Å². The second-order valence-corrected chi connectivity index (χ2v) is 3.96. The molecule has 1 aromatic carbocycles. The monoisotopic (exact) mass is 228 g/mol. The molecule has 2 aromatic rings. The van der Waals surface area contributed by atoms with Gasteiger partial charge in [-0.25, -0.2) is 9.97 Å². The molecule has 0 saturated carbocycles. The van der Waals surface area contributed by atoms with Crippen LogP contribution >= 0.6 is 0 Å². The Morgan fingerprint density at radius 1 is 1.06 bits per heavy atom. The molecule has 3 N–H and O–H groups in total. The van der Waals surface area contributed by atoms with Gasteiger partial charge in [-0.1, -0.05) is 24.3 Å². The Bertz CT molecular complexity index is 462. The Morgan fingerprint density at radius 3 is 2.24 bits per heavy atom. The van der Waals surface area contributed by atoms with E-state index in [1.165, 1.54) is 5.56 Å². The first-order valence-corrected chi connectivity index (χ1v) is 5.58. The van der Waals surface area contributed by atoms with Gasteiger partial charge in [0.15, 0.2) is 0 Å². The van der Waals surface area contributed by atoms with Crippen LogP contribution in [0.2, 0.25) is 0 Å².